The lowest BCUT2D eigenvalue weighted by Crippen LogP contribution is -1.96. The lowest BCUT2D eigenvalue weighted by Gasteiger charge is -1.99. The van der Waals surface area contributed by atoms with Crippen molar-refractivity contribution in [2.45, 2.75) is 12.8 Å². The minimum Gasteiger partial charge on any atom is -0.330 e. The van der Waals surface area contributed by atoms with Crippen LogP contribution in [0.2, 0.25) is 0 Å². The monoisotopic (exact) mass is 235 g/mol. The Morgan fingerprint density at radius 2 is 2.11 bits per heavy atom. The number of nitriles is 1. The van der Waals surface area contributed by atoms with E-state index in [1.54, 1.807) is 0 Å². The Balaban J connectivity index is 2.42. The lowest BCUT2D eigenvalue weighted by atomic mass is 10.1. The molecule has 0 amide bonds. The van der Waals surface area contributed by atoms with Gasteiger partial charge >= 0.3 is 0 Å². The van der Waals surface area contributed by atoms with Crippen LogP contribution >= 0.6 is 0 Å². The van der Waals surface area contributed by atoms with E-state index >= 15 is 0 Å². The molecule has 0 fully saturated rings. The van der Waals surface area contributed by atoms with E-state index in [9.17, 15) is 0 Å². The molecule has 0 aliphatic rings. The summed E-state index contributed by atoms with van der Waals surface area (Å²) in [6, 6.07) is 11.7. The molecule has 2 rings (SSSR count). The number of fused-ring (bicyclic) bond motifs is 1. The first-order chi connectivity index (χ1) is 8.85. The van der Waals surface area contributed by atoms with Gasteiger partial charge in [-0.3, -0.25) is 0 Å². The SMILES string of the molecule is N#Cc1nc2ccccc2cc1C#CCCCN. The van der Waals surface area contributed by atoms with Gasteiger partial charge in [-0.25, -0.2) is 4.98 Å². The summed E-state index contributed by atoms with van der Waals surface area (Å²) in [5.74, 6) is 6.02. The second-order valence-electron chi connectivity index (χ2n) is 3.88. The van der Waals surface area contributed by atoms with Crippen LogP contribution in [0, 0.1) is 23.2 Å². The predicted molar refractivity (Wildman–Crippen MR) is 71.6 cm³/mol. The molecule has 0 bridgehead atoms. The molecule has 3 heteroatoms. The van der Waals surface area contributed by atoms with Crippen LogP contribution in [0.1, 0.15) is 24.1 Å². The average Bonchev–Trinajstić information content (AvgIpc) is 2.42. The molecule has 1 aromatic heterocycles. The number of aromatic nitrogens is 1. The average molecular weight is 235 g/mol. The van der Waals surface area contributed by atoms with Crippen molar-refractivity contribution in [3.63, 3.8) is 0 Å². The van der Waals surface area contributed by atoms with E-state index in [2.05, 4.69) is 22.9 Å². The number of nitrogens with two attached hydrogens (primary N) is 1. The lowest BCUT2D eigenvalue weighted by molar-refractivity contribution is 0.870. The van der Waals surface area contributed by atoms with Crippen molar-refractivity contribution in [2.24, 2.45) is 5.73 Å². The predicted octanol–water partition coefficient (Wildman–Crippen LogP) is 2.20. The van der Waals surface area contributed by atoms with Gasteiger partial charge in [-0.1, -0.05) is 30.0 Å². The standard InChI is InChI=1S/C15H13N3/c16-9-5-1-2-6-13-10-12-7-3-4-8-14(12)18-15(13)11-17/h3-4,7-8,10H,1,5,9,16H2. The van der Waals surface area contributed by atoms with Crippen molar-refractivity contribution >= 4 is 10.9 Å². The van der Waals surface area contributed by atoms with Crippen LogP contribution in [-0.2, 0) is 0 Å². The van der Waals surface area contributed by atoms with Gasteiger partial charge in [-0.05, 0) is 25.1 Å². The molecule has 0 atom stereocenters. The first kappa shape index (κ1) is 12.1. The van der Waals surface area contributed by atoms with E-state index in [0.29, 0.717) is 17.8 Å². The highest BCUT2D eigenvalue weighted by atomic mass is 14.7. The third kappa shape index (κ3) is 2.66. The van der Waals surface area contributed by atoms with Crippen LogP contribution in [0.15, 0.2) is 30.3 Å². The maximum atomic E-state index is 9.08. The number of unbranched alkanes of at least 4 members (excludes halogenated alkanes) is 1. The van der Waals surface area contributed by atoms with Crippen LogP contribution in [0.3, 0.4) is 0 Å². The Morgan fingerprint density at radius 1 is 1.28 bits per heavy atom. The molecule has 0 saturated carbocycles. The minimum absolute atomic E-state index is 0.383. The van der Waals surface area contributed by atoms with E-state index in [1.807, 2.05) is 30.3 Å². The molecule has 88 valence electrons. The summed E-state index contributed by atoms with van der Waals surface area (Å²) in [7, 11) is 0. The smallest absolute Gasteiger partial charge is 0.156 e. The number of hydrogen-bond donors (Lipinski definition) is 1. The van der Waals surface area contributed by atoms with Crippen LogP contribution in [0.5, 0.6) is 0 Å². The van der Waals surface area contributed by atoms with Crippen molar-refractivity contribution in [1.82, 2.24) is 4.98 Å². The molecular formula is C15H13N3. The fraction of sp³-hybridized carbons (Fsp3) is 0.200. The summed E-state index contributed by atoms with van der Waals surface area (Å²) in [5.41, 5.74) is 7.30. The molecule has 2 N–H and O–H groups in total. The fourth-order valence-corrected chi connectivity index (χ4v) is 1.64. The molecule has 0 spiro atoms. The van der Waals surface area contributed by atoms with Crippen LogP contribution in [0.4, 0.5) is 0 Å². The van der Waals surface area contributed by atoms with Gasteiger partial charge in [0.2, 0.25) is 0 Å². The zero-order chi connectivity index (χ0) is 12.8. The molecule has 1 aromatic carbocycles. The number of para-hydroxylation sites is 1. The maximum absolute atomic E-state index is 9.08. The van der Waals surface area contributed by atoms with E-state index < -0.39 is 0 Å². The topological polar surface area (TPSA) is 62.7 Å². The van der Waals surface area contributed by atoms with E-state index in [-0.39, 0.29) is 0 Å². The summed E-state index contributed by atoms with van der Waals surface area (Å²) in [6.45, 7) is 0.635. The van der Waals surface area contributed by atoms with Crippen molar-refractivity contribution < 1.29 is 0 Å². The Labute approximate surface area is 106 Å². The quantitative estimate of drug-likeness (QED) is 0.641. The second kappa shape index (κ2) is 5.82. The Kier molecular flexibility index (Phi) is 3.91. The van der Waals surface area contributed by atoms with Gasteiger partial charge < -0.3 is 5.73 Å². The van der Waals surface area contributed by atoms with Crippen LogP contribution in [0.25, 0.3) is 10.9 Å². The third-order valence-electron chi connectivity index (χ3n) is 2.56. The van der Waals surface area contributed by atoms with Crippen molar-refractivity contribution in [3.8, 4) is 17.9 Å². The largest absolute Gasteiger partial charge is 0.330 e. The summed E-state index contributed by atoms with van der Waals surface area (Å²) in [5, 5.41) is 10.1. The van der Waals surface area contributed by atoms with E-state index in [4.69, 9.17) is 11.0 Å². The minimum atomic E-state index is 0.383. The highest BCUT2D eigenvalue weighted by Gasteiger charge is 2.03. The highest BCUT2D eigenvalue weighted by molar-refractivity contribution is 5.81. The van der Waals surface area contributed by atoms with Crippen molar-refractivity contribution in [1.29, 1.82) is 5.26 Å². The number of nitrogens with zero attached hydrogens (tertiary/aromatic N) is 2. The summed E-state index contributed by atoms with van der Waals surface area (Å²) in [6.07, 6.45) is 1.62. The zero-order valence-electron chi connectivity index (χ0n) is 9.98. The van der Waals surface area contributed by atoms with Crippen molar-refractivity contribution in [2.75, 3.05) is 6.54 Å². The number of benzene rings is 1. The molecule has 18 heavy (non-hydrogen) atoms. The summed E-state index contributed by atoms with van der Waals surface area (Å²) < 4.78 is 0. The maximum Gasteiger partial charge on any atom is 0.156 e. The fourth-order valence-electron chi connectivity index (χ4n) is 1.64. The molecule has 3 nitrogen and oxygen atoms in total. The summed E-state index contributed by atoms with van der Waals surface area (Å²) >= 11 is 0. The Morgan fingerprint density at radius 3 is 2.89 bits per heavy atom. The van der Waals surface area contributed by atoms with E-state index in [0.717, 1.165) is 23.7 Å². The van der Waals surface area contributed by atoms with Gasteiger partial charge in [0.05, 0.1) is 11.1 Å². The van der Waals surface area contributed by atoms with Gasteiger partial charge in [0.1, 0.15) is 6.07 Å². The molecule has 1 heterocycles. The van der Waals surface area contributed by atoms with Gasteiger partial charge in [0.15, 0.2) is 5.69 Å². The normalized spacial score (nSPS) is 9.56. The summed E-state index contributed by atoms with van der Waals surface area (Å²) in [4.78, 5) is 4.30. The Hall–Kier alpha value is -2.36. The molecule has 0 unspecified atom stereocenters. The molecule has 0 radical (unpaired) electrons. The van der Waals surface area contributed by atoms with Gasteiger partial charge in [0.25, 0.3) is 0 Å². The number of rotatable bonds is 2. The van der Waals surface area contributed by atoms with Crippen LogP contribution in [-0.4, -0.2) is 11.5 Å². The first-order valence-electron chi connectivity index (χ1n) is 5.84. The van der Waals surface area contributed by atoms with Gasteiger partial charge in [-0.15, -0.1) is 0 Å². The molecule has 0 saturated heterocycles. The first-order valence-corrected chi connectivity index (χ1v) is 5.84. The van der Waals surface area contributed by atoms with Crippen molar-refractivity contribution in [3.05, 3.63) is 41.6 Å². The molecular weight excluding hydrogens is 222 g/mol. The van der Waals surface area contributed by atoms with Gasteiger partial charge in [0, 0.05) is 11.8 Å². The Bertz CT molecular complexity index is 657. The molecule has 2 aromatic rings. The zero-order valence-corrected chi connectivity index (χ0v) is 9.98. The van der Waals surface area contributed by atoms with Crippen LogP contribution < -0.4 is 5.73 Å². The highest BCUT2D eigenvalue weighted by Crippen LogP contribution is 2.15. The number of hydrogen-bond acceptors (Lipinski definition) is 3. The molecule has 0 aliphatic carbocycles. The number of pyridine rings is 1. The van der Waals surface area contributed by atoms with E-state index in [1.165, 1.54) is 0 Å². The van der Waals surface area contributed by atoms with Gasteiger partial charge in [-0.2, -0.15) is 5.26 Å². The molecule has 0 aliphatic heterocycles. The second-order valence-corrected chi connectivity index (χ2v) is 3.88. The third-order valence-corrected chi connectivity index (χ3v) is 2.56.